The lowest BCUT2D eigenvalue weighted by Gasteiger charge is -2.06. The third-order valence-electron chi connectivity index (χ3n) is 1.75. The van der Waals surface area contributed by atoms with Gasteiger partial charge in [-0.15, -0.1) is 0 Å². The SMILES string of the molecule is C=C(CN)c1cc(C)ccc1Cl. The summed E-state index contributed by atoms with van der Waals surface area (Å²) in [6, 6.07) is 5.83. The van der Waals surface area contributed by atoms with Crippen molar-refractivity contribution in [3.8, 4) is 0 Å². The first kappa shape index (κ1) is 9.30. The molecule has 2 heteroatoms. The first-order valence-corrected chi connectivity index (χ1v) is 4.17. The van der Waals surface area contributed by atoms with E-state index in [4.69, 9.17) is 17.3 Å². The third-order valence-corrected chi connectivity index (χ3v) is 2.08. The second-order valence-corrected chi connectivity index (χ2v) is 3.20. The molecule has 0 unspecified atom stereocenters. The highest BCUT2D eigenvalue weighted by Gasteiger charge is 2.02. The van der Waals surface area contributed by atoms with Crippen LogP contribution in [0.4, 0.5) is 0 Å². The minimum absolute atomic E-state index is 0.448. The van der Waals surface area contributed by atoms with Crippen molar-refractivity contribution >= 4 is 17.2 Å². The second kappa shape index (κ2) is 3.74. The summed E-state index contributed by atoms with van der Waals surface area (Å²) in [4.78, 5) is 0. The van der Waals surface area contributed by atoms with Gasteiger partial charge in [0.15, 0.2) is 0 Å². The summed E-state index contributed by atoms with van der Waals surface area (Å²) in [5.41, 5.74) is 8.47. The number of halogens is 1. The van der Waals surface area contributed by atoms with E-state index in [9.17, 15) is 0 Å². The zero-order valence-electron chi connectivity index (χ0n) is 7.10. The summed E-state index contributed by atoms with van der Waals surface area (Å²) in [6.07, 6.45) is 0. The molecule has 1 rings (SSSR count). The Morgan fingerprint density at radius 2 is 2.25 bits per heavy atom. The highest BCUT2D eigenvalue weighted by molar-refractivity contribution is 6.32. The van der Waals surface area contributed by atoms with Gasteiger partial charge in [0, 0.05) is 11.6 Å². The van der Waals surface area contributed by atoms with E-state index >= 15 is 0 Å². The van der Waals surface area contributed by atoms with Crippen LogP contribution < -0.4 is 5.73 Å². The minimum Gasteiger partial charge on any atom is -0.326 e. The van der Waals surface area contributed by atoms with Gasteiger partial charge in [0.1, 0.15) is 0 Å². The fourth-order valence-corrected chi connectivity index (χ4v) is 1.27. The molecule has 0 aromatic heterocycles. The van der Waals surface area contributed by atoms with Crippen LogP contribution >= 0.6 is 11.6 Å². The Hall–Kier alpha value is -0.790. The standard InChI is InChI=1S/C10H12ClN/c1-7-3-4-10(11)9(5-7)8(2)6-12/h3-5H,2,6,12H2,1H3. The molecule has 0 radical (unpaired) electrons. The summed E-state index contributed by atoms with van der Waals surface area (Å²) >= 11 is 5.95. The number of hydrogen-bond donors (Lipinski definition) is 1. The Bertz CT molecular complexity index is 305. The highest BCUT2D eigenvalue weighted by atomic mass is 35.5. The Balaban J connectivity index is 3.13. The number of nitrogens with two attached hydrogens (primary N) is 1. The van der Waals surface area contributed by atoms with Crippen LogP contribution in [0.1, 0.15) is 11.1 Å². The molecule has 0 bridgehead atoms. The van der Waals surface area contributed by atoms with Gasteiger partial charge in [-0.25, -0.2) is 0 Å². The van der Waals surface area contributed by atoms with Crippen LogP contribution in [0.3, 0.4) is 0 Å². The Kier molecular flexibility index (Phi) is 2.90. The van der Waals surface area contributed by atoms with E-state index in [1.165, 1.54) is 5.56 Å². The zero-order chi connectivity index (χ0) is 9.14. The topological polar surface area (TPSA) is 26.0 Å². The van der Waals surface area contributed by atoms with Crippen LogP contribution in [0.2, 0.25) is 5.02 Å². The van der Waals surface area contributed by atoms with Crippen LogP contribution in [0, 0.1) is 6.92 Å². The van der Waals surface area contributed by atoms with Gasteiger partial charge in [-0.05, 0) is 24.1 Å². The summed E-state index contributed by atoms with van der Waals surface area (Å²) in [5.74, 6) is 0. The Morgan fingerprint density at radius 3 is 2.83 bits per heavy atom. The monoisotopic (exact) mass is 181 g/mol. The van der Waals surface area contributed by atoms with Crippen molar-refractivity contribution in [2.24, 2.45) is 5.73 Å². The van der Waals surface area contributed by atoms with Gasteiger partial charge in [0.2, 0.25) is 0 Å². The molecule has 0 aliphatic heterocycles. The quantitative estimate of drug-likeness (QED) is 0.746. The lowest BCUT2D eigenvalue weighted by Crippen LogP contribution is -2.01. The number of hydrogen-bond acceptors (Lipinski definition) is 1. The first-order chi connectivity index (χ1) is 5.65. The molecule has 0 saturated heterocycles. The summed E-state index contributed by atoms with van der Waals surface area (Å²) in [5, 5.41) is 0.719. The van der Waals surface area contributed by atoms with Gasteiger partial charge in [-0.1, -0.05) is 35.9 Å². The Labute approximate surface area is 77.8 Å². The molecule has 0 atom stereocenters. The maximum Gasteiger partial charge on any atom is 0.0481 e. The predicted molar refractivity (Wildman–Crippen MR) is 54.3 cm³/mol. The lowest BCUT2D eigenvalue weighted by molar-refractivity contribution is 1.27. The predicted octanol–water partition coefficient (Wildman–Crippen LogP) is 2.62. The summed E-state index contributed by atoms with van der Waals surface area (Å²) in [7, 11) is 0. The largest absolute Gasteiger partial charge is 0.326 e. The van der Waals surface area contributed by atoms with Crippen molar-refractivity contribution in [3.63, 3.8) is 0 Å². The molecule has 0 aliphatic carbocycles. The number of benzene rings is 1. The van der Waals surface area contributed by atoms with Gasteiger partial charge >= 0.3 is 0 Å². The molecular weight excluding hydrogens is 170 g/mol. The maximum atomic E-state index is 5.95. The van der Waals surface area contributed by atoms with E-state index in [1.54, 1.807) is 0 Å². The molecule has 0 saturated carbocycles. The highest BCUT2D eigenvalue weighted by Crippen LogP contribution is 2.22. The number of aryl methyl sites for hydroxylation is 1. The van der Waals surface area contributed by atoms with Crippen LogP contribution in [0.25, 0.3) is 5.57 Å². The maximum absolute atomic E-state index is 5.95. The van der Waals surface area contributed by atoms with Gasteiger partial charge in [-0.2, -0.15) is 0 Å². The van der Waals surface area contributed by atoms with Gasteiger partial charge < -0.3 is 5.73 Å². The summed E-state index contributed by atoms with van der Waals surface area (Å²) < 4.78 is 0. The van der Waals surface area contributed by atoms with Crippen LogP contribution in [-0.2, 0) is 0 Å². The smallest absolute Gasteiger partial charge is 0.0481 e. The van der Waals surface area contributed by atoms with Crippen molar-refractivity contribution in [1.29, 1.82) is 0 Å². The van der Waals surface area contributed by atoms with Crippen molar-refractivity contribution < 1.29 is 0 Å². The normalized spacial score (nSPS) is 9.92. The second-order valence-electron chi connectivity index (χ2n) is 2.79. The van der Waals surface area contributed by atoms with Crippen LogP contribution in [0.5, 0.6) is 0 Å². The molecule has 64 valence electrons. The average molecular weight is 182 g/mol. The molecule has 0 spiro atoms. The molecule has 1 aromatic rings. The van der Waals surface area contributed by atoms with Gasteiger partial charge in [-0.3, -0.25) is 0 Å². The lowest BCUT2D eigenvalue weighted by atomic mass is 10.1. The van der Waals surface area contributed by atoms with Crippen molar-refractivity contribution in [2.75, 3.05) is 6.54 Å². The molecule has 2 N–H and O–H groups in total. The van der Waals surface area contributed by atoms with E-state index in [0.717, 1.165) is 16.2 Å². The van der Waals surface area contributed by atoms with E-state index in [0.29, 0.717) is 6.54 Å². The fraction of sp³-hybridized carbons (Fsp3) is 0.200. The third kappa shape index (κ3) is 1.87. The molecule has 0 aliphatic rings. The van der Waals surface area contributed by atoms with E-state index < -0.39 is 0 Å². The van der Waals surface area contributed by atoms with Crippen LogP contribution in [-0.4, -0.2) is 6.54 Å². The average Bonchev–Trinajstić information content (AvgIpc) is 2.08. The van der Waals surface area contributed by atoms with Crippen molar-refractivity contribution in [3.05, 3.63) is 40.9 Å². The van der Waals surface area contributed by atoms with Crippen molar-refractivity contribution in [2.45, 2.75) is 6.92 Å². The fourth-order valence-electron chi connectivity index (χ4n) is 1.02. The van der Waals surface area contributed by atoms with E-state index in [2.05, 4.69) is 6.58 Å². The Morgan fingerprint density at radius 1 is 1.58 bits per heavy atom. The first-order valence-electron chi connectivity index (χ1n) is 3.79. The summed E-state index contributed by atoms with van der Waals surface area (Å²) in [6.45, 7) is 6.30. The number of rotatable bonds is 2. The molecule has 12 heavy (non-hydrogen) atoms. The van der Waals surface area contributed by atoms with Crippen LogP contribution in [0.15, 0.2) is 24.8 Å². The molecule has 1 nitrogen and oxygen atoms in total. The molecule has 0 heterocycles. The van der Waals surface area contributed by atoms with E-state index in [1.807, 2.05) is 25.1 Å². The molecule has 0 amide bonds. The van der Waals surface area contributed by atoms with Gasteiger partial charge in [0.05, 0.1) is 0 Å². The van der Waals surface area contributed by atoms with Crippen molar-refractivity contribution in [1.82, 2.24) is 0 Å². The molecule has 0 fully saturated rings. The molecular formula is C10H12ClN. The van der Waals surface area contributed by atoms with E-state index in [-0.39, 0.29) is 0 Å². The van der Waals surface area contributed by atoms with Gasteiger partial charge in [0.25, 0.3) is 0 Å². The zero-order valence-corrected chi connectivity index (χ0v) is 7.86. The minimum atomic E-state index is 0.448. The molecule has 1 aromatic carbocycles.